The number of amides is 2. The Morgan fingerprint density at radius 1 is 1.24 bits per heavy atom. The van der Waals surface area contributed by atoms with E-state index in [1.165, 1.54) is 6.20 Å². The number of hydrogen-bond acceptors (Lipinski definition) is 10. The molecule has 0 aliphatic carbocycles. The Balaban J connectivity index is 1.26. The number of carbonyl (C=O) groups is 2. The summed E-state index contributed by atoms with van der Waals surface area (Å²) in [6.07, 6.45) is 10.9. The molecule has 1 aromatic heterocycles. The summed E-state index contributed by atoms with van der Waals surface area (Å²) in [5.41, 5.74) is 6.02. The van der Waals surface area contributed by atoms with Crippen LogP contribution in [0.3, 0.4) is 0 Å². The lowest BCUT2D eigenvalue weighted by Gasteiger charge is -2.31. The number of hydrogen-bond donors (Lipinski definition) is 5. The lowest BCUT2D eigenvalue weighted by Crippen LogP contribution is -2.40. The average molecular weight is 577 g/mol. The van der Waals surface area contributed by atoms with E-state index in [0.717, 1.165) is 54.7 Å². The van der Waals surface area contributed by atoms with Crippen LogP contribution in [0.1, 0.15) is 37.7 Å². The number of rotatable bonds is 6. The van der Waals surface area contributed by atoms with Crippen molar-refractivity contribution in [3.63, 3.8) is 0 Å². The number of aromatic nitrogens is 2. The van der Waals surface area contributed by atoms with Crippen LogP contribution in [0.2, 0.25) is 5.02 Å². The van der Waals surface area contributed by atoms with Gasteiger partial charge in [0.2, 0.25) is 11.9 Å². The first-order valence-electron chi connectivity index (χ1n) is 13.6. The number of nitrogens with two attached hydrogens (primary N) is 1. The summed E-state index contributed by atoms with van der Waals surface area (Å²) in [6, 6.07) is 5.83. The van der Waals surface area contributed by atoms with Crippen LogP contribution in [-0.4, -0.2) is 52.7 Å². The van der Waals surface area contributed by atoms with Gasteiger partial charge in [0.1, 0.15) is 10.7 Å². The van der Waals surface area contributed by atoms with Crippen molar-refractivity contribution in [2.75, 3.05) is 29.0 Å². The topological polar surface area (TPSA) is 162 Å². The highest BCUT2D eigenvalue weighted by molar-refractivity contribution is 6.32. The van der Waals surface area contributed by atoms with Crippen molar-refractivity contribution in [3.8, 4) is 0 Å². The predicted octanol–water partition coefficient (Wildman–Crippen LogP) is 3.74. The molecule has 6 N–H and O–H groups in total. The van der Waals surface area contributed by atoms with Crippen LogP contribution in [-0.2, 0) is 16.0 Å². The molecule has 0 saturated carbocycles. The van der Waals surface area contributed by atoms with Crippen molar-refractivity contribution in [3.05, 3.63) is 58.8 Å². The predicted molar refractivity (Wildman–Crippen MR) is 161 cm³/mol. The first-order chi connectivity index (χ1) is 19.9. The maximum atomic E-state index is 13.1. The maximum Gasteiger partial charge on any atom is 0.273 e. The van der Waals surface area contributed by atoms with Crippen LogP contribution in [0, 0.1) is 11.8 Å². The number of piperidine rings is 1. The second-order valence-electron chi connectivity index (χ2n) is 10.3. The first-order valence-corrected chi connectivity index (χ1v) is 13.9. The third-order valence-corrected chi connectivity index (χ3v) is 7.71. The molecule has 0 spiro atoms. The molecule has 41 heavy (non-hydrogen) atoms. The summed E-state index contributed by atoms with van der Waals surface area (Å²) in [7, 11) is 0. The molecule has 12 nitrogen and oxygen atoms in total. The number of aliphatic imine (C=N–C) groups is 2. The van der Waals surface area contributed by atoms with Crippen molar-refractivity contribution in [1.29, 1.82) is 0 Å². The molecule has 3 aliphatic heterocycles. The third-order valence-electron chi connectivity index (χ3n) is 7.44. The van der Waals surface area contributed by atoms with Gasteiger partial charge in [-0.05, 0) is 68.5 Å². The fraction of sp³-hybridized carbons (Fsp3) is 0.357. The molecule has 1 unspecified atom stereocenters. The number of aryl methyl sites for hydroxylation is 1. The zero-order chi connectivity index (χ0) is 28.8. The number of likely N-dealkylation sites (tertiary alicyclic amines) is 1. The zero-order valence-corrected chi connectivity index (χ0v) is 23.3. The van der Waals surface area contributed by atoms with Crippen molar-refractivity contribution >= 4 is 59.5 Å². The van der Waals surface area contributed by atoms with Crippen molar-refractivity contribution < 1.29 is 9.59 Å². The van der Waals surface area contributed by atoms with E-state index in [9.17, 15) is 9.59 Å². The Hall–Kier alpha value is -4.29. The number of halogens is 1. The molecule has 0 radical (unpaired) electrons. The molecule has 2 amide bonds. The van der Waals surface area contributed by atoms with Crippen LogP contribution in [0.15, 0.2) is 58.2 Å². The number of anilines is 4. The maximum absolute atomic E-state index is 13.1. The second-order valence-corrected chi connectivity index (χ2v) is 10.7. The highest BCUT2D eigenvalue weighted by Crippen LogP contribution is 2.31. The summed E-state index contributed by atoms with van der Waals surface area (Å²) < 4.78 is 0. The number of nitrogens with one attached hydrogen (secondary N) is 4. The van der Waals surface area contributed by atoms with Gasteiger partial charge in [0.25, 0.3) is 5.91 Å². The molecule has 1 fully saturated rings. The van der Waals surface area contributed by atoms with Gasteiger partial charge in [0, 0.05) is 61.1 Å². The monoisotopic (exact) mass is 576 g/mol. The smallest absolute Gasteiger partial charge is 0.273 e. The van der Waals surface area contributed by atoms with Gasteiger partial charge < -0.3 is 26.3 Å². The van der Waals surface area contributed by atoms with E-state index in [1.54, 1.807) is 17.3 Å². The SMILES string of the molecule is C=N/C(=C\NN)C(=O)N1CCC(CC(=O)Nc2ccc3cc2CCC2C=NC=C(C2)Nc2ncc(Cl)c(n2)N3)CC1. The second kappa shape index (κ2) is 12.9. The first kappa shape index (κ1) is 28.2. The summed E-state index contributed by atoms with van der Waals surface area (Å²) in [4.78, 5) is 44.4. The van der Waals surface area contributed by atoms with E-state index < -0.39 is 0 Å². The molecule has 3 aliphatic rings. The van der Waals surface area contributed by atoms with Crippen molar-refractivity contribution in [1.82, 2.24) is 20.3 Å². The Kier molecular flexibility index (Phi) is 8.90. The van der Waals surface area contributed by atoms with Crippen molar-refractivity contribution in [2.45, 2.75) is 38.5 Å². The van der Waals surface area contributed by atoms with Gasteiger partial charge in [-0.2, -0.15) is 4.98 Å². The van der Waals surface area contributed by atoms with Gasteiger partial charge in [0.15, 0.2) is 5.82 Å². The molecular weight excluding hydrogens is 544 g/mol. The number of fused-ring (bicyclic) bond motifs is 6. The summed E-state index contributed by atoms with van der Waals surface area (Å²) >= 11 is 6.38. The van der Waals surface area contributed by atoms with Crippen LogP contribution < -0.4 is 27.2 Å². The Bertz CT molecular complexity index is 1410. The molecule has 214 valence electrons. The molecule has 1 atom stereocenters. The number of allylic oxidation sites excluding steroid dienone is 1. The van der Waals surface area contributed by atoms with E-state index in [0.29, 0.717) is 36.3 Å². The minimum atomic E-state index is -0.226. The van der Waals surface area contributed by atoms with Gasteiger partial charge in [-0.1, -0.05) is 11.6 Å². The standard InChI is InChI=1S/C28H33ClN10O2/c1-31-24(16-34-30)27(41)39-8-6-17(7-9-39)11-25(40)37-23-5-4-20-12-19(23)3-2-18-10-21(14-32-13-18)36-28-33-15-22(29)26(35-20)38-28/h4-5,12-18,34H,1-3,6-11,30H2,(H,37,40)(H2,33,35,36,38)/b24-16-. The van der Waals surface area contributed by atoms with Crippen LogP contribution in [0.4, 0.5) is 23.1 Å². The molecular formula is C28H33ClN10O2. The minimum Gasteiger partial charge on any atom is -0.339 e. The number of hydrazine groups is 1. The Morgan fingerprint density at radius 3 is 2.85 bits per heavy atom. The van der Waals surface area contributed by atoms with Gasteiger partial charge in [-0.3, -0.25) is 25.4 Å². The van der Waals surface area contributed by atoms with E-state index in [4.69, 9.17) is 17.4 Å². The van der Waals surface area contributed by atoms with E-state index in [2.05, 4.69) is 48.0 Å². The van der Waals surface area contributed by atoms with Gasteiger partial charge in [-0.25, -0.2) is 4.98 Å². The molecule has 1 aromatic carbocycles. The van der Waals surface area contributed by atoms with Crippen LogP contribution >= 0.6 is 11.6 Å². The highest BCUT2D eigenvalue weighted by Gasteiger charge is 2.26. The summed E-state index contributed by atoms with van der Waals surface area (Å²) in [5, 5.41) is 10.1. The quantitative estimate of drug-likeness (QED) is 0.150. The molecule has 6 bridgehead atoms. The van der Waals surface area contributed by atoms with Gasteiger partial charge >= 0.3 is 0 Å². The average Bonchev–Trinajstić information content (AvgIpc) is 2.98. The fourth-order valence-electron chi connectivity index (χ4n) is 5.26. The number of benzene rings is 1. The minimum absolute atomic E-state index is 0.0486. The molecule has 2 aromatic rings. The normalized spacial score (nSPS) is 18.9. The largest absolute Gasteiger partial charge is 0.339 e. The number of nitrogens with zero attached hydrogens (tertiary/aromatic N) is 5. The molecule has 13 heteroatoms. The zero-order valence-electron chi connectivity index (χ0n) is 22.6. The number of carbonyl (C=O) groups excluding carboxylic acids is 2. The lowest BCUT2D eigenvalue weighted by molar-refractivity contribution is -0.128. The van der Waals surface area contributed by atoms with Crippen LogP contribution in [0.25, 0.3) is 0 Å². The molecule has 1 saturated heterocycles. The van der Waals surface area contributed by atoms with E-state index in [-0.39, 0.29) is 29.3 Å². The summed E-state index contributed by atoms with van der Waals surface area (Å²) in [5.74, 6) is 6.34. The van der Waals surface area contributed by atoms with Gasteiger partial charge in [0.05, 0.1) is 6.20 Å². The van der Waals surface area contributed by atoms with Crippen molar-refractivity contribution in [2.24, 2.45) is 27.7 Å². The third kappa shape index (κ3) is 7.08. The van der Waals surface area contributed by atoms with Crippen LogP contribution in [0.5, 0.6) is 0 Å². The van der Waals surface area contributed by atoms with Gasteiger partial charge in [-0.15, -0.1) is 0 Å². The fourth-order valence-corrected chi connectivity index (χ4v) is 5.40. The highest BCUT2D eigenvalue weighted by atomic mass is 35.5. The van der Waals surface area contributed by atoms with E-state index in [1.807, 2.05) is 24.4 Å². The van der Waals surface area contributed by atoms with E-state index >= 15 is 0 Å². The lowest BCUT2D eigenvalue weighted by atomic mass is 9.92. The Labute approximate surface area is 243 Å². The molecule has 5 rings (SSSR count). The Morgan fingerprint density at radius 2 is 2.07 bits per heavy atom. The molecule has 4 heterocycles. The summed E-state index contributed by atoms with van der Waals surface area (Å²) in [6.45, 7) is 4.52.